The van der Waals surface area contributed by atoms with Crippen LogP contribution in [-0.2, 0) is 9.53 Å². The summed E-state index contributed by atoms with van der Waals surface area (Å²) in [6.45, 7) is -0.586. The number of anilines is 1. The van der Waals surface area contributed by atoms with Crippen molar-refractivity contribution in [1.29, 1.82) is 0 Å². The van der Waals surface area contributed by atoms with Crippen LogP contribution >= 0.6 is 11.3 Å². The van der Waals surface area contributed by atoms with Crippen LogP contribution < -0.4 is 5.32 Å². The van der Waals surface area contributed by atoms with Crippen molar-refractivity contribution in [3.05, 3.63) is 83.0 Å². The van der Waals surface area contributed by atoms with Gasteiger partial charge in [-0.3, -0.25) is 19.3 Å². The number of aromatic nitrogens is 3. The van der Waals surface area contributed by atoms with Gasteiger partial charge in [-0.05, 0) is 41.8 Å². The summed E-state index contributed by atoms with van der Waals surface area (Å²) in [6, 6.07) is 17.3. The normalized spacial score (nSPS) is 12.5. The highest BCUT2D eigenvalue weighted by molar-refractivity contribution is 7.13. The highest BCUT2D eigenvalue weighted by Gasteiger charge is 2.32. The van der Waals surface area contributed by atoms with E-state index in [4.69, 9.17) is 4.74 Å². The average Bonchev–Trinajstić information content (AvgIpc) is 3.60. The summed E-state index contributed by atoms with van der Waals surface area (Å²) >= 11 is 1.45. The lowest BCUT2D eigenvalue weighted by Gasteiger charge is -2.06. The van der Waals surface area contributed by atoms with Gasteiger partial charge in [-0.15, -0.1) is 16.4 Å². The molecule has 3 heterocycles. The summed E-state index contributed by atoms with van der Waals surface area (Å²) in [5.74, 6) is -2.04. The van der Waals surface area contributed by atoms with Crippen LogP contribution in [0.25, 0.3) is 16.4 Å². The number of nitrogens with one attached hydrogen (secondary N) is 1. The Hall–Kier alpha value is -4.64. The van der Waals surface area contributed by atoms with E-state index >= 15 is 0 Å². The Balaban J connectivity index is 1.28. The highest BCUT2D eigenvalue weighted by Crippen LogP contribution is 2.26. The van der Waals surface area contributed by atoms with E-state index in [0.29, 0.717) is 11.5 Å². The maximum Gasteiger partial charge on any atom is 0.378 e. The number of hydrogen-bond acceptors (Lipinski definition) is 8. The molecule has 4 aromatic rings. The first-order valence-electron chi connectivity index (χ1n) is 10.4. The van der Waals surface area contributed by atoms with E-state index in [9.17, 15) is 19.2 Å². The number of ether oxygens (including phenoxy) is 1. The van der Waals surface area contributed by atoms with E-state index in [1.54, 1.807) is 4.68 Å². The Morgan fingerprint density at radius 2 is 1.77 bits per heavy atom. The van der Waals surface area contributed by atoms with E-state index in [1.165, 1.54) is 36.6 Å². The largest absolute Gasteiger partial charge is 0.450 e. The summed E-state index contributed by atoms with van der Waals surface area (Å²) in [4.78, 5) is 55.2. The molecule has 0 unspecified atom stereocenters. The second-order valence-corrected chi connectivity index (χ2v) is 8.49. The fraction of sp³-hybridized carbons (Fsp3) is 0.0833. The van der Waals surface area contributed by atoms with Gasteiger partial charge in [0.2, 0.25) is 0 Å². The molecule has 0 atom stereocenters. The smallest absolute Gasteiger partial charge is 0.378 e. The lowest BCUT2D eigenvalue weighted by molar-refractivity contribution is -0.119. The van der Waals surface area contributed by atoms with Gasteiger partial charge >= 0.3 is 5.97 Å². The van der Waals surface area contributed by atoms with Crippen molar-refractivity contribution in [2.45, 2.75) is 0 Å². The number of rotatable bonds is 6. The minimum atomic E-state index is -0.857. The minimum absolute atomic E-state index is 0.185. The zero-order valence-electron chi connectivity index (χ0n) is 18.3. The molecule has 11 heteroatoms. The molecular formula is C24H17N5O5S. The molecule has 2 aromatic heterocycles. The predicted molar refractivity (Wildman–Crippen MR) is 126 cm³/mol. The number of imide groups is 1. The number of benzene rings is 2. The van der Waals surface area contributed by atoms with Crippen LogP contribution in [-0.4, -0.2) is 57.0 Å². The van der Waals surface area contributed by atoms with Crippen molar-refractivity contribution in [2.24, 2.45) is 0 Å². The molecule has 174 valence electrons. The molecule has 0 saturated carbocycles. The van der Waals surface area contributed by atoms with Crippen LogP contribution in [0.4, 0.5) is 5.69 Å². The molecule has 5 rings (SSSR count). The quantitative estimate of drug-likeness (QED) is 0.328. The topological polar surface area (TPSA) is 123 Å². The van der Waals surface area contributed by atoms with E-state index in [2.05, 4.69) is 15.4 Å². The van der Waals surface area contributed by atoms with Crippen molar-refractivity contribution < 1.29 is 23.9 Å². The maximum absolute atomic E-state index is 12.6. The Bertz CT molecular complexity index is 1460. The molecule has 1 N–H and O–H groups in total. The molecule has 2 aromatic carbocycles. The number of thiophene rings is 1. The first-order chi connectivity index (χ1) is 16.9. The first kappa shape index (κ1) is 22.2. The standard InChI is InChI=1S/C24H17N5O5S/c1-28-22(31)16-10-9-14(12-17(16)23(28)32)25-19(30)13-34-24(33)20-26-21(18-8-5-11-35-18)29(27-20)15-6-3-2-4-7-15/h2-12H,13H2,1H3,(H,25,30). The fourth-order valence-electron chi connectivity index (χ4n) is 3.54. The molecular weight excluding hydrogens is 470 g/mol. The molecule has 0 aliphatic carbocycles. The van der Waals surface area contributed by atoms with Gasteiger partial charge in [-0.25, -0.2) is 9.48 Å². The first-order valence-corrected chi connectivity index (χ1v) is 11.3. The zero-order chi connectivity index (χ0) is 24.5. The molecule has 0 bridgehead atoms. The maximum atomic E-state index is 12.6. The lowest BCUT2D eigenvalue weighted by Crippen LogP contribution is -2.24. The Kier molecular flexibility index (Phi) is 5.67. The van der Waals surface area contributed by atoms with Gasteiger partial charge in [0, 0.05) is 12.7 Å². The Morgan fingerprint density at radius 1 is 1.00 bits per heavy atom. The highest BCUT2D eigenvalue weighted by atomic mass is 32.1. The van der Waals surface area contributed by atoms with Crippen LogP contribution in [0.2, 0.25) is 0 Å². The minimum Gasteiger partial charge on any atom is -0.450 e. The van der Waals surface area contributed by atoms with E-state index < -0.39 is 30.3 Å². The van der Waals surface area contributed by atoms with Crippen LogP contribution in [0.15, 0.2) is 66.0 Å². The zero-order valence-corrected chi connectivity index (χ0v) is 19.1. The van der Waals surface area contributed by atoms with Crippen molar-refractivity contribution >= 4 is 40.7 Å². The third kappa shape index (κ3) is 4.20. The lowest BCUT2D eigenvalue weighted by atomic mass is 10.1. The molecule has 0 radical (unpaired) electrons. The molecule has 0 fully saturated rings. The number of amides is 3. The monoisotopic (exact) mass is 487 g/mol. The fourth-order valence-corrected chi connectivity index (χ4v) is 4.24. The third-order valence-electron chi connectivity index (χ3n) is 5.24. The summed E-state index contributed by atoms with van der Waals surface area (Å²) in [6.07, 6.45) is 0. The SMILES string of the molecule is CN1C(=O)c2ccc(NC(=O)COC(=O)c3nc(-c4cccs4)n(-c4ccccc4)n3)cc2C1=O. The van der Waals surface area contributed by atoms with Crippen LogP contribution in [0.5, 0.6) is 0 Å². The van der Waals surface area contributed by atoms with Gasteiger partial charge < -0.3 is 10.1 Å². The molecule has 3 amide bonds. The number of para-hydroxylation sites is 1. The van der Waals surface area contributed by atoms with Crippen molar-refractivity contribution in [2.75, 3.05) is 19.0 Å². The second kappa shape index (κ2) is 8.95. The number of carbonyl (C=O) groups excluding carboxylic acids is 4. The number of carbonyl (C=O) groups is 4. The summed E-state index contributed by atoms with van der Waals surface area (Å²) in [5.41, 5.74) is 1.48. The Labute approximate surface area is 202 Å². The Morgan fingerprint density at radius 3 is 2.51 bits per heavy atom. The van der Waals surface area contributed by atoms with Crippen molar-refractivity contribution in [3.63, 3.8) is 0 Å². The van der Waals surface area contributed by atoms with Crippen molar-refractivity contribution in [1.82, 2.24) is 19.7 Å². The van der Waals surface area contributed by atoms with Crippen LogP contribution in [0, 0.1) is 0 Å². The predicted octanol–water partition coefficient (Wildman–Crippen LogP) is 3.02. The van der Waals surface area contributed by atoms with Gasteiger partial charge in [0.25, 0.3) is 23.5 Å². The average molecular weight is 487 g/mol. The summed E-state index contributed by atoms with van der Waals surface area (Å²) in [7, 11) is 1.39. The third-order valence-corrected chi connectivity index (χ3v) is 6.11. The molecule has 10 nitrogen and oxygen atoms in total. The number of esters is 1. The van der Waals surface area contributed by atoms with E-state index in [0.717, 1.165) is 15.5 Å². The summed E-state index contributed by atoms with van der Waals surface area (Å²) in [5, 5.41) is 8.73. The van der Waals surface area contributed by atoms with Crippen LogP contribution in [0.3, 0.4) is 0 Å². The van der Waals surface area contributed by atoms with Crippen LogP contribution in [0.1, 0.15) is 31.3 Å². The van der Waals surface area contributed by atoms with Crippen molar-refractivity contribution in [3.8, 4) is 16.4 Å². The number of fused-ring (bicyclic) bond motifs is 1. The van der Waals surface area contributed by atoms with Gasteiger partial charge in [0.05, 0.1) is 21.7 Å². The van der Waals surface area contributed by atoms with E-state index in [1.807, 2.05) is 47.8 Å². The van der Waals surface area contributed by atoms with E-state index in [-0.39, 0.29) is 17.0 Å². The number of hydrogen-bond donors (Lipinski definition) is 1. The molecule has 1 aliphatic heterocycles. The van der Waals surface area contributed by atoms with Gasteiger partial charge in [0.1, 0.15) is 0 Å². The van der Waals surface area contributed by atoms with Gasteiger partial charge in [-0.1, -0.05) is 24.3 Å². The van der Waals surface area contributed by atoms with Gasteiger partial charge in [-0.2, -0.15) is 4.98 Å². The molecule has 35 heavy (non-hydrogen) atoms. The summed E-state index contributed by atoms with van der Waals surface area (Å²) < 4.78 is 6.66. The molecule has 0 spiro atoms. The van der Waals surface area contributed by atoms with Gasteiger partial charge in [0.15, 0.2) is 12.4 Å². The number of nitrogens with zero attached hydrogens (tertiary/aromatic N) is 4. The second-order valence-electron chi connectivity index (χ2n) is 7.54. The molecule has 1 aliphatic rings. The molecule has 0 saturated heterocycles.